The molecule has 0 bridgehead atoms. The van der Waals surface area contributed by atoms with Crippen molar-refractivity contribution in [3.63, 3.8) is 0 Å². The van der Waals surface area contributed by atoms with E-state index in [1.165, 1.54) is 19.3 Å². The van der Waals surface area contributed by atoms with Crippen LogP contribution >= 0.6 is 0 Å². The fraction of sp³-hybridized carbons (Fsp3) is 0.588. The maximum absolute atomic E-state index is 11.0. The maximum atomic E-state index is 11.0. The third-order valence-electron chi connectivity index (χ3n) is 3.68. The fourth-order valence-corrected chi connectivity index (χ4v) is 2.26. The number of benzene rings is 1. The SMILES string of the molecule is CCCCC(CC)COCc1cc(C(=O)O)ccc1OC. The van der Waals surface area contributed by atoms with Crippen molar-refractivity contribution in [3.05, 3.63) is 29.3 Å². The lowest BCUT2D eigenvalue weighted by atomic mass is 10.0. The van der Waals surface area contributed by atoms with Gasteiger partial charge in [-0.2, -0.15) is 0 Å². The lowest BCUT2D eigenvalue weighted by Gasteiger charge is -2.16. The zero-order valence-electron chi connectivity index (χ0n) is 13.2. The predicted octanol–water partition coefficient (Wildman–Crippen LogP) is 4.13. The van der Waals surface area contributed by atoms with E-state index in [0.29, 0.717) is 24.9 Å². The number of unbranched alkanes of at least 4 members (excludes halogenated alkanes) is 1. The van der Waals surface area contributed by atoms with Crippen molar-refractivity contribution in [2.45, 2.75) is 46.1 Å². The first-order chi connectivity index (χ1) is 10.1. The van der Waals surface area contributed by atoms with E-state index in [4.69, 9.17) is 14.6 Å². The van der Waals surface area contributed by atoms with E-state index in [0.717, 1.165) is 12.0 Å². The molecule has 1 aromatic carbocycles. The van der Waals surface area contributed by atoms with Gasteiger partial charge >= 0.3 is 5.97 Å². The van der Waals surface area contributed by atoms with Crippen LogP contribution in [0.2, 0.25) is 0 Å². The molecule has 0 saturated heterocycles. The minimum Gasteiger partial charge on any atom is -0.496 e. The van der Waals surface area contributed by atoms with Gasteiger partial charge in [0.15, 0.2) is 0 Å². The number of carbonyl (C=O) groups is 1. The van der Waals surface area contributed by atoms with Crippen LogP contribution in [0.1, 0.15) is 55.5 Å². The van der Waals surface area contributed by atoms with Crippen molar-refractivity contribution in [1.29, 1.82) is 0 Å². The van der Waals surface area contributed by atoms with Crippen molar-refractivity contribution in [2.24, 2.45) is 5.92 Å². The monoisotopic (exact) mass is 294 g/mol. The second-order valence-corrected chi connectivity index (χ2v) is 5.26. The Bertz CT molecular complexity index is 442. The van der Waals surface area contributed by atoms with Crippen LogP contribution < -0.4 is 4.74 Å². The highest BCUT2D eigenvalue weighted by Gasteiger charge is 2.11. The van der Waals surface area contributed by atoms with Crippen LogP contribution in [-0.4, -0.2) is 24.8 Å². The van der Waals surface area contributed by atoms with Crippen LogP contribution in [0.4, 0.5) is 0 Å². The second kappa shape index (κ2) is 9.40. The highest BCUT2D eigenvalue weighted by molar-refractivity contribution is 5.88. The van der Waals surface area contributed by atoms with E-state index < -0.39 is 5.97 Å². The molecule has 118 valence electrons. The van der Waals surface area contributed by atoms with E-state index in [9.17, 15) is 4.79 Å². The number of aromatic carboxylic acids is 1. The van der Waals surface area contributed by atoms with E-state index in [-0.39, 0.29) is 5.56 Å². The lowest BCUT2D eigenvalue weighted by Crippen LogP contribution is -2.09. The van der Waals surface area contributed by atoms with Crippen LogP contribution in [-0.2, 0) is 11.3 Å². The van der Waals surface area contributed by atoms with Crippen LogP contribution in [0.5, 0.6) is 5.75 Å². The molecule has 4 nitrogen and oxygen atoms in total. The molecular formula is C17H26O4. The first-order valence-electron chi connectivity index (χ1n) is 7.60. The molecule has 0 radical (unpaired) electrons. The minimum absolute atomic E-state index is 0.257. The molecule has 0 heterocycles. The Hall–Kier alpha value is -1.55. The largest absolute Gasteiger partial charge is 0.496 e. The first-order valence-corrected chi connectivity index (χ1v) is 7.60. The second-order valence-electron chi connectivity index (χ2n) is 5.26. The summed E-state index contributed by atoms with van der Waals surface area (Å²) in [7, 11) is 1.58. The van der Waals surface area contributed by atoms with Crippen molar-refractivity contribution in [3.8, 4) is 5.75 Å². The van der Waals surface area contributed by atoms with Gasteiger partial charge in [0, 0.05) is 12.2 Å². The lowest BCUT2D eigenvalue weighted by molar-refractivity contribution is 0.0694. The van der Waals surface area contributed by atoms with Gasteiger partial charge in [-0.25, -0.2) is 4.79 Å². The average Bonchev–Trinajstić information content (AvgIpc) is 2.50. The normalized spacial score (nSPS) is 12.1. The number of methoxy groups -OCH3 is 1. The topological polar surface area (TPSA) is 55.8 Å². The fourth-order valence-electron chi connectivity index (χ4n) is 2.26. The van der Waals surface area contributed by atoms with Gasteiger partial charge in [0.1, 0.15) is 5.75 Å². The minimum atomic E-state index is -0.937. The summed E-state index contributed by atoms with van der Waals surface area (Å²) in [6, 6.07) is 4.84. The standard InChI is InChI=1S/C17H26O4/c1-4-6-7-13(5-2)11-21-12-15-10-14(17(18)19)8-9-16(15)20-3/h8-10,13H,4-7,11-12H2,1-3H3,(H,18,19). The maximum Gasteiger partial charge on any atom is 0.335 e. The van der Waals surface area contributed by atoms with Gasteiger partial charge in [0.2, 0.25) is 0 Å². The van der Waals surface area contributed by atoms with Crippen molar-refractivity contribution >= 4 is 5.97 Å². The zero-order chi connectivity index (χ0) is 15.7. The van der Waals surface area contributed by atoms with E-state index in [1.807, 2.05) is 0 Å². The van der Waals surface area contributed by atoms with Gasteiger partial charge in [-0.05, 0) is 30.5 Å². The molecule has 0 aromatic heterocycles. The summed E-state index contributed by atoms with van der Waals surface area (Å²) in [6.07, 6.45) is 4.70. The Balaban J connectivity index is 2.60. The van der Waals surface area contributed by atoms with Gasteiger partial charge in [0.05, 0.1) is 19.3 Å². The van der Waals surface area contributed by atoms with Gasteiger partial charge in [0.25, 0.3) is 0 Å². The molecular weight excluding hydrogens is 268 g/mol. The molecule has 0 saturated carbocycles. The first kappa shape index (κ1) is 17.5. The molecule has 1 aromatic rings. The molecule has 1 N–H and O–H groups in total. The Morgan fingerprint density at radius 3 is 2.67 bits per heavy atom. The Morgan fingerprint density at radius 1 is 1.33 bits per heavy atom. The van der Waals surface area contributed by atoms with Crippen LogP contribution in [0.3, 0.4) is 0 Å². The van der Waals surface area contributed by atoms with E-state index >= 15 is 0 Å². The summed E-state index contributed by atoms with van der Waals surface area (Å²) in [5.41, 5.74) is 1.04. The third kappa shape index (κ3) is 5.76. The number of carboxylic acids is 1. The van der Waals surface area contributed by atoms with Gasteiger partial charge in [-0.1, -0.05) is 33.1 Å². The molecule has 0 fully saturated rings. The summed E-state index contributed by atoms with van der Waals surface area (Å²) in [4.78, 5) is 11.0. The van der Waals surface area contributed by atoms with Crippen LogP contribution in [0.25, 0.3) is 0 Å². The summed E-state index contributed by atoms with van der Waals surface area (Å²) < 4.78 is 11.0. The Morgan fingerprint density at radius 2 is 2.10 bits per heavy atom. The number of carboxylic acid groups (broad SMARTS) is 1. The third-order valence-corrected chi connectivity index (χ3v) is 3.68. The van der Waals surface area contributed by atoms with Gasteiger partial charge in [-0.15, -0.1) is 0 Å². The van der Waals surface area contributed by atoms with Gasteiger partial charge in [-0.3, -0.25) is 0 Å². The number of hydrogen-bond donors (Lipinski definition) is 1. The Labute approximate surface area is 127 Å². The van der Waals surface area contributed by atoms with E-state index in [2.05, 4.69) is 13.8 Å². The molecule has 1 rings (SSSR count). The molecule has 0 aliphatic carbocycles. The highest BCUT2D eigenvalue weighted by Crippen LogP contribution is 2.22. The highest BCUT2D eigenvalue weighted by atomic mass is 16.5. The molecule has 1 atom stereocenters. The molecule has 0 spiro atoms. The van der Waals surface area contributed by atoms with Gasteiger partial charge < -0.3 is 14.6 Å². The van der Waals surface area contributed by atoms with Crippen molar-refractivity contribution < 1.29 is 19.4 Å². The molecule has 0 amide bonds. The smallest absolute Gasteiger partial charge is 0.335 e. The van der Waals surface area contributed by atoms with Crippen molar-refractivity contribution in [2.75, 3.05) is 13.7 Å². The molecule has 4 heteroatoms. The summed E-state index contributed by atoms with van der Waals surface area (Å²) in [5, 5.41) is 9.04. The summed E-state index contributed by atoms with van der Waals surface area (Å²) >= 11 is 0. The number of rotatable bonds is 10. The molecule has 21 heavy (non-hydrogen) atoms. The summed E-state index contributed by atoms with van der Waals surface area (Å²) in [5.74, 6) is 0.300. The number of ether oxygens (including phenoxy) is 2. The van der Waals surface area contributed by atoms with Crippen LogP contribution in [0.15, 0.2) is 18.2 Å². The molecule has 0 aliphatic heterocycles. The molecule has 0 aliphatic rings. The number of hydrogen-bond acceptors (Lipinski definition) is 3. The van der Waals surface area contributed by atoms with Crippen LogP contribution in [0, 0.1) is 5.92 Å². The Kier molecular flexibility index (Phi) is 7.83. The zero-order valence-corrected chi connectivity index (χ0v) is 13.2. The average molecular weight is 294 g/mol. The predicted molar refractivity (Wildman–Crippen MR) is 82.9 cm³/mol. The summed E-state index contributed by atoms with van der Waals surface area (Å²) in [6.45, 7) is 5.45. The molecule has 1 unspecified atom stereocenters. The van der Waals surface area contributed by atoms with Crippen molar-refractivity contribution in [1.82, 2.24) is 0 Å². The quantitative estimate of drug-likeness (QED) is 0.705. The van der Waals surface area contributed by atoms with E-state index in [1.54, 1.807) is 25.3 Å².